The number of hydrogen-bond donors (Lipinski definition) is 1. The standard InChI is InChI=1S/C16H25N/c1-3-12-17-16(15-8-9-15)11-10-14-7-5-4-6-13(14)2/h4-7,15-17H,3,8-12H2,1-2H3. The van der Waals surface area contributed by atoms with Crippen molar-refractivity contribution in [2.75, 3.05) is 6.54 Å². The summed E-state index contributed by atoms with van der Waals surface area (Å²) in [6, 6.07) is 9.55. The molecule has 1 saturated carbocycles. The van der Waals surface area contributed by atoms with Crippen LogP contribution in [0.4, 0.5) is 0 Å². The molecule has 0 aliphatic heterocycles. The van der Waals surface area contributed by atoms with Gasteiger partial charge in [-0.2, -0.15) is 0 Å². The summed E-state index contributed by atoms with van der Waals surface area (Å²) in [5, 5.41) is 3.72. The van der Waals surface area contributed by atoms with E-state index in [0.29, 0.717) is 0 Å². The average molecular weight is 231 g/mol. The van der Waals surface area contributed by atoms with Gasteiger partial charge in [0.05, 0.1) is 0 Å². The third-order valence-electron chi connectivity index (χ3n) is 3.83. The molecule has 0 aromatic heterocycles. The van der Waals surface area contributed by atoms with E-state index in [4.69, 9.17) is 0 Å². The van der Waals surface area contributed by atoms with Gasteiger partial charge < -0.3 is 5.32 Å². The van der Waals surface area contributed by atoms with E-state index in [-0.39, 0.29) is 0 Å². The lowest BCUT2D eigenvalue weighted by molar-refractivity contribution is 0.435. The van der Waals surface area contributed by atoms with Crippen LogP contribution >= 0.6 is 0 Å². The molecule has 1 heteroatoms. The first kappa shape index (κ1) is 12.6. The summed E-state index contributed by atoms with van der Waals surface area (Å²) in [5.74, 6) is 0.963. The van der Waals surface area contributed by atoms with Crippen molar-refractivity contribution in [3.05, 3.63) is 35.4 Å². The van der Waals surface area contributed by atoms with Crippen LogP contribution in [0.2, 0.25) is 0 Å². The molecule has 1 aliphatic carbocycles. The first-order chi connectivity index (χ1) is 8.31. The Morgan fingerprint density at radius 2 is 2.06 bits per heavy atom. The van der Waals surface area contributed by atoms with Crippen LogP contribution in [0.3, 0.4) is 0 Å². The second kappa shape index (κ2) is 6.20. The van der Waals surface area contributed by atoms with E-state index in [2.05, 4.69) is 43.4 Å². The van der Waals surface area contributed by atoms with Gasteiger partial charge in [0.2, 0.25) is 0 Å². The average Bonchev–Trinajstić information content (AvgIpc) is 3.15. The molecule has 1 N–H and O–H groups in total. The molecule has 1 aliphatic rings. The van der Waals surface area contributed by atoms with Crippen LogP contribution in [0, 0.1) is 12.8 Å². The number of benzene rings is 1. The number of hydrogen-bond acceptors (Lipinski definition) is 1. The topological polar surface area (TPSA) is 12.0 Å². The van der Waals surface area contributed by atoms with Crippen molar-refractivity contribution >= 4 is 0 Å². The highest BCUT2D eigenvalue weighted by molar-refractivity contribution is 5.25. The zero-order valence-electron chi connectivity index (χ0n) is 11.2. The first-order valence-corrected chi connectivity index (χ1v) is 7.09. The summed E-state index contributed by atoms with van der Waals surface area (Å²) in [7, 11) is 0. The van der Waals surface area contributed by atoms with E-state index in [0.717, 1.165) is 12.0 Å². The van der Waals surface area contributed by atoms with Crippen LogP contribution in [0.25, 0.3) is 0 Å². The Hall–Kier alpha value is -0.820. The van der Waals surface area contributed by atoms with E-state index in [1.165, 1.54) is 49.8 Å². The van der Waals surface area contributed by atoms with E-state index in [1.54, 1.807) is 0 Å². The fourth-order valence-corrected chi connectivity index (χ4v) is 2.53. The van der Waals surface area contributed by atoms with E-state index in [9.17, 15) is 0 Å². The van der Waals surface area contributed by atoms with Crippen molar-refractivity contribution < 1.29 is 0 Å². The molecular formula is C16H25N. The third-order valence-corrected chi connectivity index (χ3v) is 3.83. The number of aryl methyl sites for hydroxylation is 2. The Bertz CT molecular complexity index is 341. The van der Waals surface area contributed by atoms with Crippen molar-refractivity contribution in [3.63, 3.8) is 0 Å². The first-order valence-electron chi connectivity index (χ1n) is 7.09. The molecule has 0 bridgehead atoms. The number of nitrogens with one attached hydrogen (secondary N) is 1. The minimum atomic E-state index is 0.759. The zero-order valence-corrected chi connectivity index (χ0v) is 11.2. The molecule has 2 rings (SSSR count). The Morgan fingerprint density at radius 3 is 2.71 bits per heavy atom. The second-order valence-electron chi connectivity index (χ2n) is 5.36. The van der Waals surface area contributed by atoms with E-state index >= 15 is 0 Å². The molecule has 17 heavy (non-hydrogen) atoms. The SMILES string of the molecule is CCCNC(CCc1ccccc1C)C1CC1. The molecule has 0 saturated heterocycles. The maximum Gasteiger partial charge on any atom is 0.00984 e. The van der Waals surface area contributed by atoms with Crippen molar-refractivity contribution in [2.45, 2.75) is 52.0 Å². The fraction of sp³-hybridized carbons (Fsp3) is 0.625. The molecule has 0 amide bonds. The van der Waals surface area contributed by atoms with Gasteiger partial charge in [-0.1, -0.05) is 31.2 Å². The van der Waals surface area contributed by atoms with Crippen molar-refractivity contribution in [1.82, 2.24) is 5.32 Å². The largest absolute Gasteiger partial charge is 0.314 e. The van der Waals surface area contributed by atoms with Gasteiger partial charge in [-0.3, -0.25) is 0 Å². The molecule has 1 aromatic rings. The molecule has 0 heterocycles. The lowest BCUT2D eigenvalue weighted by Crippen LogP contribution is -2.32. The predicted molar refractivity (Wildman–Crippen MR) is 74.3 cm³/mol. The van der Waals surface area contributed by atoms with Crippen molar-refractivity contribution in [2.24, 2.45) is 5.92 Å². The van der Waals surface area contributed by atoms with Gasteiger partial charge in [0.1, 0.15) is 0 Å². The minimum Gasteiger partial charge on any atom is -0.314 e. The highest BCUT2D eigenvalue weighted by Gasteiger charge is 2.30. The molecule has 1 fully saturated rings. The Kier molecular flexibility index (Phi) is 4.61. The number of rotatable bonds is 7. The quantitative estimate of drug-likeness (QED) is 0.754. The van der Waals surface area contributed by atoms with Gasteiger partial charge in [-0.25, -0.2) is 0 Å². The van der Waals surface area contributed by atoms with Crippen LogP contribution in [0.5, 0.6) is 0 Å². The summed E-state index contributed by atoms with van der Waals surface area (Å²) in [6.07, 6.45) is 6.65. The van der Waals surface area contributed by atoms with Gasteiger partial charge in [0.25, 0.3) is 0 Å². The van der Waals surface area contributed by atoms with Crippen molar-refractivity contribution in [3.8, 4) is 0 Å². The molecule has 1 unspecified atom stereocenters. The third kappa shape index (κ3) is 3.85. The monoisotopic (exact) mass is 231 g/mol. The maximum absolute atomic E-state index is 3.72. The summed E-state index contributed by atoms with van der Waals surface area (Å²) < 4.78 is 0. The van der Waals surface area contributed by atoms with Crippen LogP contribution in [0.15, 0.2) is 24.3 Å². The molecule has 0 radical (unpaired) electrons. The molecule has 1 nitrogen and oxygen atoms in total. The zero-order chi connectivity index (χ0) is 12.1. The molecule has 1 atom stereocenters. The van der Waals surface area contributed by atoms with E-state index < -0.39 is 0 Å². The Morgan fingerprint density at radius 1 is 1.29 bits per heavy atom. The fourth-order valence-electron chi connectivity index (χ4n) is 2.53. The van der Waals surface area contributed by atoms with Crippen LogP contribution in [-0.4, -0.2) is 12.6 Å². The van der Waals surface area contributed by atoms with Crippen LogP contribution in [0.1, 0.15) is 43.7 Å². The van der Waals surface area contributed by atoms with Gasteiger partial charge in [-0.05, 0) is 62.6 Å². The summed E-state index contributed by atoms with van der Waals surface area (Å²) in [5.41, 5.74) is 2.97. The van der Waals surface area contributed by atoms with Crippen LogP contribution in [-0.2, 0) is 6.42 Å². The summed E-state index contributed by atoms with van der Waals surface area (Å²) in [4.78, 5) is 0. The van der Waals surface area contributed by atoms with Gasteiger partial charge in [0, 0.05) is 6.04 Å². The van der Waals surface area contributed by atoms with E-state index in [1.807, 2.05) is 0 Å². The second-order valence-corrected chi connectivity index (χ2v) is 5.36. The normalized spacial score (nSPS) is 17.1. The smallest absolute Gasteiger partial charge is 0.00984 e. The van der Waals surface area contributed by atoms with Crippen molar-refractivity contribution in [1.29, 1.82) is 0 Å². The lowest BCUT2D eigenvalue weighted by Gasteiger charge is -2.18. The molecule has 1 aromatic carbocycles. The van der Waals surface area contributed by atoms with Gasteiger partial charge in [0.15, 0.2) is 0 Å². The predicted octanol–water partition coefficient (Wildman–Crippen LogP) is 3.71. The highest BCUT2D eigenvalue weighted by Crippen LogP contribution is 2.34. The van der Waals surface area contributed by atoms with Gasteiger partial charge >= 0.3 is 0 Å². The molecule has 0 spiro atoms. The Labute approximate surface area is 106 Å². The minimum absolute atomic E-state index is 0.759. The lowest BCUT2D eigenvalue weighted by atomic mass is 9.99. The van der Waals surface area contributed by atoms with Gasteiger partial charge in [-0.15, -0.1) is 0 Å². The highest BCUT2D eigenvalue weighted by atomic mass is 14.9. The maximum atomic E-state index is 3.72. The summed E-state index contributed by atoms with van der Waals surface area (Å²) >= 11 is 0. The van der Waals surface area contributed by atoms with Crippen LogP contribution < -0.4 is 5.32 Å². The molecular weight excluding hydrogens is 206 g/mol. The summed E-state index contributed by atoms with van der Waals surface area (Å²) in [6.45, 7) is 5.65. The Balaban J connectivity index is 1.84. The molecule has 94 valence electrons.